The zero-order chi connectivity index (χ0) is 9.10. The molecule has 0 bridgehead atoms. The van der Waals surface area contributed by atoms with Crippen LogP contribution in [0.5, 0.6) is 0 Å². The van der Waals surface area contributed by atoms with Crippen molar-refractivity contribution in [1.29, 1.82) is 0 Å². The number of hydrogen-bond acceptors (Lipinski definition) is 4. The molecule has 2 heterocycles. The highest BCUT2D eigenvalue weighted by Gasteiger charge is 2.19. The van der Waals surface area contributed by atoms with E-state index in [9.17, 15) is 4.79 Å². The quantitative estimate of drug-likeness (QED) is 0.689. The largest absolute Gasteiger partial charge is 0.336 e. The van der Waals surface area contributed by atoms with Gasteiger partial charge in [0.15, 0.2) is 5.69 Å². The van der Waals surface area contributed by atoms with Crippen molar-refractivity contribution < 1.29 is 4.79 Å². The highest BCUT2D eigenvalue weighted by molar-refractivity contribution is 7.99. The molecule has 1 saturated heterocycles. The van der Waals surface area contributed by atoms with Crippen molar-refractivity contribution in [3.8, 4) is 0 Å². The molecule has 1 amide bonds. The molecule has 0 unspecified atom stereocenters. The van der Waals surface area contributed by atoms with Gasteiger partial charge in [-0.1, -0.05) is 0 Å². The van der Waals surface area contributed by atoms with E-state index in [1.54, 1.807) is 0 Å². The average molecular weight is 198 g/mol. The molecule has 2 rings (SSSR count). The molecule has 1 aliphatic rings. The van der Waals surface area contributed by atoms with Gasteiger partial charge in [-0.3, -0.25) is 4.79 Å². The van der Waals surface area contributed by atoms with Crippen LogP contribution >= 0.6 is 11.8 Å². The Kier molecular flexibility index (Phi) is 2.49. The Hall–Kier alpha value is -1.04. The lowest BCUT2D eigenvalue weighted by molar-refractivity contribution is 0.0766. The number of H-pyrrole nitrogens is 1. The van der Waals surface area contributed by atoms with Crippen LogP contribution in [0.25, 0.3) is 0 Å². The molecule has 0 saturated carbocycles. The first-order valence-corrected chi connectivity index (χ1v) is 5.26. The van der Waals surface area contributed by atoms with Crippen LogP contribution < -0.4 is 0 Å². The molecular formula is C7H10N4OS. The third kappa shape index (κ3) is 1.82. The molecule has 70 valence electrons. The summed E-state index contributed by atoms with van der Waals surface area (Å²) >= 11 is 1.88. The number of hydrogen-bond donors (Lipinski definition) is 1. The van der Waals surface area contributed by atoms with E-state index in [1.807, 2.05) is 16.7 Å². The number of carbonyl (C=O) groups excluding carboxylic acids is 1. The van der Waals surface area contributed by atoms with E-state index >= 15 is 0 Å². The second kappa shape index (κ2) is 3.78. The van der Waals surface area contributed by atoms with Crippen LogP contribution in [0, 0.1) is 0 Å². The molecule has 6 heteroatoms. The number of thioether (sulfide) groups is 1. The number of nitrogens with zero attached hydrogens (tertiary/aromatic N) is 3. The van der Waals surface area contributed by atoms with Crippen molar-refractivity contribution in [3.63, 3.8) is 0 Å². The number of amides is 1. The fourth-order valence-electron chi connectivity index (χ4n) is 1.23. The van der Waals surface area contributed by atoms with Crippen LogP contribution in [0.15, 0.2) is 6.20 Å². The van der Waals surface area contributed by atoms with Gasteiger partial charge >= 0.3 is 0 Å². The predicted molar refractivity (Wildman–Crippen MR) is 49.6 cm³/mol. The van der Waals surface area contributed by atoms with E-state index < -0.39 is 0 Å². The molecule has 0 spiro atoms. The maximum Gasteiger partial charge on any atom is 0.276 e. The van der Waals surface area contributed by atoms with Crippen molar-refractivity contribution in [2.45, 2.75) is 0 Å². The lowest BCUT2D eigenvalue weighted by Crippen LogP contribution is -2.38. The molecular weight excluding hydrogens is 188 g/mol. The minimum atomic E-state index is -0.0194. The van der Waals surface area contributed by atoms with E-state index in [1.165, 1.54) is 6.20 Å². The first kappa shape index (κ1) is 8.55. The summed E-state index contributed by atoms with van der Waals surface area (Å²) < 4.78 is 0. The SMILES string of the molecule is O=C(c1cn[nH]n1)N1CCSCC1. The van der Waals surface area contributed by atoms with Gasteiger partial charge in [0.05, 0.1) is 6.20 Å². The first-order valence-electron chi connectivity index (χ1n) is 4.11. The monoisotopic (exact) mass is 198 g/mol. The van der Waals surface area contributed by atoms with Gasteiger partial charge in [-0.2, -0.15) is 27.2 Å². The lowest BCUT2D eigenvalue weighted by atomic mass is 10.4. The molecule has 1 aromatic rings. The molecule has 0 aromatic carbocycles. The van der Waals surface area contributed by atoms with E-state index in [-0.39, 0.29) is 5.91 Å². The number of aromatic nitrogens is 3. The van der Waals surface area contributed by atoms with Gasteiger partial charge < -0.3 is 4.90 Å². The number of aromatic amines is 1. The summed E-state index contributed by atoms with van der Waals surface area (Å²) in [7, 11) is 0. The Morgan fingerprint density at radius 3 is 2.92 bits per heavy atom. The minimum absolute atomic E-state index is 0.0194. The Morgan fingerprint density at radius 2 is 2.31 bits per heavy atom. The van der Waals surface area contributed by atoms with Gasteiger partial charge in [-0.15, -0.1) is 0 Å². The summed E-state index contributed by atoms with van der Waals surface area (Å²) in [5, 5.41) is 9.80. The van der Waals surface area contributed by atoms with Crippen molar-refractivity contribution in [2.24, 2.45) is 0 Å². The van der Waals surface area contributed by atoms with Crippen molar-refractivity contribution >= 4 is 17.7 Å². The summed E-state index contributed by atoms with van der Waals surface area (Å²) in [6.45, 7) is 1.63. The average Bonchev–Trinajstić information content (AvgIpc) is 2.71. The van der Waals surface area contributed by atoms with Gasteiger partial charge in [0.2, 0.25) is 0 Å². The van der Waals surface area contributed by atoms with Crippen molar-refractivity contribution in [3.05, 3.63) is 11.9 Å². The second-order valence-corrected chi connectivity index (χ2v) is 3.98. The molecule has 0 aliphatic carbocycles. The number of carbonyl (C=O) groups is 1. The first-order chi connectivity index (χ1) is 6.38. The zero-order valence-corrected chi connectivity index (χ0v) is 7.88. The number of nitrogens with one attached hydrogen (secondary N) is 1. The van der Waals surface area contributed by atoms with Gasteiger partial charge in [0, 0.05) is 24.6 Å². The van der Waals surface area contributed by atoms with Crippen LogP contribution in [-0.4, -0.2) is 50.8 Å². The van der Waals surface area contributed by atoms with Gasteiger partial charge in [-0.25, -0.2) is 0 Å². The van der Waals surface area contributed by atoms with Crippen LogP contribution in [0.1, 0.15) is 10.5 Å². The molecule has 1 aliphatic heterocycles. The highest BCUT2D eigenvalue weighted by Crippen LogP contribution is 2.11. The topological polar surface area (TPSA) is 61.9 Å². The van der Waals surface area contributed by atoms with Gasteiger partial charge in [-0.05, 0) is 0 Å². The third-order valence-corrected chi connectivity index (χ3v) is 2.87. The minimum Gasteiger partial charge on any atom is -0.336 e. The van der Waals surface area contributed by atoms with E-state index in [0.717, 1.165) is 24.6 Å². The maximum atomic E-state index is 11.7. The Bertz CT molecular complexity index is 281. The Labute approximate surface area is 79.9 Å². The van der Waals surface area contributed by atoms with Crippen molar-refractivity contribution in [1.82, 2.24) is 20.3 Å². The van der Waals surface area contributed by atoms with E-state index in [4.69, 9.17) is 0 Å². The Balaban J connectivity index is 2.04. The second-order valence-electron chi connectivity index (χ2n) is 2.76. The molecule has 0 radical (unpaired) electrons. The summed E-state index contributed by atoms with van der Waals surface area (Å²) in [6, 6.07) is 0. The van der Waals surface area contributed by atoms with Gasteiger partial charge in [0.25, 0.3) is 5.91 Å². The Morgan fingerprint density at radius 1 is 1.54 bits per heavy atom. The van der Waals surface area contributed by atoms with Crippen molar-refractivity contribution in [2.75, 3.05) is 24.6 Å². The maximum absolute atomic E-state index is 11.7. The molecule has 1 fully saturated rings. The number of rotatable bonds is 1. The summed E-state index contributed by atoms with van der Waals surface area (Å²) in [5.74, 6) is 2.02. The normalized spacial score (nSPS) is 17.4. The molecule has 5 nitrogen and oxygen atoms in total. The molecule has 0 atom stereocenters. The van der Waals surface area contributed by atoms with E-state index in [2.05, 4.69) is 15.4 Å². The molecule has 1 N–H and O–H groups in total. The molecule has 1 aromatic heterocycles. The summed E-state index contributed by atoms with van der Waals surface area (Å²) in [6.07, 6.45) is 1.46. The predicted octanol–water partition coefficient (Wildman–Crippen LogP) is -0.00630. The fourth-order valence-corrected chi connectivity index (χ4v) is 2.14. The molecule has 13 heavy (non-hydrogen) atoms. The summed E-state index contributed by atoms with van der Waals surface area (Å²) in [4.78, 5) is 13.5. The fraction of sp³-hybridized carbons (Fsp3) is 0.571. The zero-order valence-electron chi connectivity index (χ0n) is 7.06. The standard InChI is InChI=1S/C7H10N4OS/c12-7(6-5-8-10-9-6)11-1-3-13-4-2-11/h5H,1-4H2,(H,8,9,10). The van der Waals surface area contributed by atoms with Crippen LogP contribution in [0.2, 0.25) is 0 Å². The van der Waals surface area contributed by atoms with Gasteiger partial charge in [0.1, 0.15) is 0 Å². The smallest absolute Gasteiger partial charge is 0.276 e. The van der Waals surface area contributed by atoms with Crippen LogP contribution in [0.3, 0.4) is 0 Å². The van der Waals surface area contributed by atoms with Crippen LogP contribution in [-0.2, 0) is 0 Å². The third-order valence-electron chi connectivity index (χ3n) is 1.93. The highest BCUT2D eigenvalue weighted by atomic mass is 32.2. The van der Waals surface area contributed by atoms with E-state index in [0.29, 0.717) is 5.69 Å². The summed E-state index contributed by atoms with van der Waals surface area (Å²) in [5.41, 5.74) is 0.409. The lowest BCUT2D eigenvalue weighted by Gasteiger charge is -2.25. The van der Waals surface area contributed by atoms with Crippen LogP contribution in [0.4, 0.5) is 0 Å².